The normalized spacial score (nSPS) is 22.3. The highest BCUT2D eigenvalue weighted by molar-refractivity contribution is 5.22. The van der Waals surface area contributed by atoms with E-state index in [1.807, 2.05) is 0 Å². The van der Waals surface area contributed by atoms with Crippen LogP contribution in [0.25, 0.3) is 0 Å². The smallest absolute Gasteiger partial charge is 0.163 e. The molecule has 76 valence electrons. The molecule has 2 rings (SSSR count). The Hall–Kier alpha value is -0.960. The summed E-state index contributed by atoms with van der Waals surface area (Å²) in [6, 6.07) is 4.35. The Morgan fingerprint density at radius 2 is 2.07 bits per heavy atom. The Morgan fingerprint density at radius 1 is 1.21 bits per heavy atom. The Balaban J connectivity index is 2.26. The van der Waals surface area contributed by atoms with Gasteiger partial charge >= 0.3 is 0 Å². The molecular formula is C11H13F2N. The van der Waals surface area contributed by atoms with Crippen LogP contribution in [0.15, 0.2) is 18.2 Å². The molecule has 0 aromatic heterocycles. The van der Waals surface area contributed by atoms with Crippen LogP contribution in [0, 0.1) is 11.6 Å². The molecule has 0 bridgehead atoms. The monoisotopic (exact) mass is 197 g/mol. The van der Waals surface area contributed by atoms with Crippen LogP contribution in [0.1, 0.15) is 30.9 Å². The fourth-order valence-electron chi connectivity index (χ4n) is 1.91. The third-order valence-corrected chi connectivity index (χ3v) is 2.67. The number of halogens is 2. The highest BCUT2D eigenvalue weighted by Gasteiger charge is 2.19. The van der Waals surface area contributed by atoms with Crippen LogP contribution in [0.5, 0.6) is 0 Å². The van der Waals surface area contributed by atoms with Gasteiger partial charge < -0.3 is 5.32 Å². The largest absolute Gasteiger partial charge is 0.310 e. The third kappa shape index (κ3) is 1.77. The SMILES string of the molecule is Fc1cccc([C@H]2CCCCN2)c1F. The molecule has 1 fully saturated rings. The Morgan fingerprint density at radius 3 is 2.79 bits per heavy atom. The predicted octanol–water partition coefficient (Wildman–Crippen LogP) is 2.78. The topological polar surface area (TPSA) is 12.0 Å². The quantitative estimate of drug-likeness (QED) is 0.730. The van der Waals surface area contributed by atoms with E-state index < -0.39 is 11.6 Å². The summed E-state index contributed by atoms with van der Waals surface area (Å²) < 4.78 is 26.3. The zero-order valence-corrected chi connectivity index (χ0v) is 7.89. The van der Waals surface area contributed by atoms with Crippen LogP contribution >= 0.6 is 0 Å². The van der Waals surface area contributed by atoms with Crippen molar-refractivity contribution in [3.63, 3.8) is 0 Å². The molecule has 1 atom stereocenters. The van der Waals surface area contributed by atoms with Crippen LogP contribution < -0.4 is 5.32 Å². The van der Waals surface area contributed by atoms with Gasteiger partial charge in [0.15, 0.2) is 11.6 Å². The van der Waals surface area contributed by atoms with Gasteiger partial charge in [0.25, 0.3) is 0 Å². The molecule has 14 heavy (non-hydrogen) atoms. The summed E-state index contributed by atoms with van der Waals surface area (Å²) >= 11 is 0. The van der Waals surface area contributed by atoms with Crippen LogP contribution in [0.2, 0.25) is 0 Å². The minimum Gasteiger partial charge on any atom is -0.310 e. The lowest BCUT2D eigenvalue weighted by molar-refractivity contribution is 0.391. The van der Waals surface area contributed by atoms with Crippen molar-refractivity contribution >= 4 is 0 Å². The first-order valence-corrected chi connectivity index (χ1v) is 4.96. The summed E-state index contributed by atoms with van der Waals surface area (Å²) in [5, 5.41) is 3.20. The second-order valence-corrected chi connectivity index (χ2v) is 3.65. The minimum atomic E-state index is -0.755. The molecule has 1 nitrogen and oxygen atoms in total. The fraction of sp³-hybridized carbons (Fsp3) is 0.455. The summed E-state index contributed by atoms with van der Waals surface area (Å²) in [5.74, 6) is -1.46. The summed E-state index contributed by atoms with van der Waals surface area (Å²) in [6.07, 6.45) is 3.08. The number of hydrogen-bond acceptors (Lipinski definition) is 1. The number of piperidine rings is 1. The van der Waals surface area contributed by atoms with E-state index in [-0.39, 0.29) is 6.04 Å². The predicted molar refractivity (Wildman–Crippen MR) is 51.0 cm³/mol. The van der Waals surface area contributed by atoms with Crippen molar-refractivity contribution in [2.75, 3.05) is 6.54 Å². The maximum absolute atomic E-state index is 13.4. The summed E-state index contributed by atoms with van der Waals surface area (Å²) in [7, 11) is 0. The summed E-state index contributed by atoms with van der Waals surface area (Å²) in [5.41, 5.74) is 0.463. The average Bonchev–Trinajstić information content (AvgIpc) is 2.23. The van der Waals surface area contributed by atoms with Crippen LogP contribution in [0.4, 0.5) is 8.78 Å². The second-order valence-electron chi connectivity index (χ2n) is 3.65. The van der Waals surface area contributed by atoms with Gasteiger partial charge in [-0.1, -0.05) is 18.6 Å². The van der Waals surface area contributed by atoms with Gasteiger partial charge in [-0.15, -0.1) is 0 Å². The van der Waals surface area contributed by atoms with Gasteiger partial charge in [-0.25, -0.2) is 8.78 Å². The van der Waals surface area contributed by atoms with Gasteiger partial charge in [-0.2, -0.15) is 0 Å². The Kier molecular flexibility index (Phi) is 2.77. The van der Waals surface area contributed by atoms with E-state index in [9.17, 15) is 8.78 Å². The molecule has 0 unspecified atom stereocenters. The zero-order valence-electron chi connectivity index (χ0n) is 7.89. The van der Waals surface area contributed by atoms with Crippen LogP contribution in [-0.2, 0) is 0 Å². The molecule has 0 radical (unpaired) electrons. The highest BCUT2D eigenvalue weighted by Crippen LogP contribution is 2.25. The molecule has 0 aliphatic carbocycles. The molecule has 1 heterocycles. The molecule has 0 spiro atoms. The Bertz CT molecular complexity index is 319. The van der Waals surface area contributed by atoms with Crippen molar-refractivity contribution in [2.24, 2.45) is 0 Å². The Labute approximate surface area is 82.1 Å². The number of benzene rings is 1. The summed E-state index contributed by atoms with van der Waals surface area (Å²) in [4.78, 5) is 0. The highest BCUT2D eigenvalue weighted by atomic mass is 19.2. The van der Waals surface area contributed by atoms with E-state index in [4.69, 9.17) is 0 Å². The molecule has 3 heteroatoms. The van der Waals surface area contributed by atoms with Crippen LogP contribution in [-0.4, -0.2) is 6.54 Å². The molecule has 1 N–H and O–H groups in total. The van der Waals surface area contributed by atoms with E-state index in [0.717, 1.165) is 31.9 Å². The zero-order chi connectivity index (χ0) is 9.97. The maximum Gasteiger partial charge on any atom is 0.163 e. The second kappa shape index (κ2) is 4.05. The lowest BCUT2D eigenvalue weighted by Crippen LogP contribution is -2.27. The average molecular weight is 197 g/mol. The van der Waals surface area contributed by atoms with Crippen molar-refractivity contribution in [3.8, 4) is 0 Å². The lowest BCUT2D eigenvalue weighted by Gasteiger charge is -2.24. The molecular weight excluding hydrogens is 184 g/mol. The standard InChI is InChI=1S/C11H13F2N/c12-9-5-3-4-8(11(9)13)10-6-1-2-7-14-10/h3-5,10,14H,1-2,6-7H2/t10-/m1/s1. The van der Waals surface area contributed by atoms with Crippen LogP contribution in [0.3, 0.4) is 0 Å². The van der Waals surface area contributed by atoms with Gasteiger partial charge in [0, 0.05) is 11.6 Å². The molecule has 1 aromatic rings. The van der Waals surface area contributed by atoms with Crippen molar-refractivity contribution in [3.05, 3.63) is 35.4 Å². The molecule has 0 saturated carbocycles. The molecule has 0 amide bonds. The lowest BCUT2D eigenvalue weighted by atomic mass is 9.97. The first-order chi connectivity index (χ1) is 6.79. The van der Waals surface area contributed by atoms with E-state index in [0.29, 0.717) is 5.56 Å². The molecule has 1 aliphatic rings. The number of hydrogen-bond donors (Lipinski definition) is 1. The molecule has 1 aliphatic heterocycles. The van der Waals surface area contributed by atoms with Gasteiger partial charge in [-0.05, 0) is 25.5 Å². The maximum atomic E-state index is 13.4. The fourth-order valence-corrected chi connectivity index (χ4v) is 1.91. The van der Waals surface area contributed by atoms with Gasteiger partial charge in [0.05, 0.1) is 0 Å². The van der Waals surface area contributed by atoms with E-state index >= 15 is 0 Å². The molecule has 1 saturated heterocycles. The first kappa shape index (κ1) is 9.59. The first-order valence-electron chi connectivity index (χ1n) is 4.96. The van der Waals surface area contributed by atoms with E-state index in [1.54, 1.807) is 12.1 Å². The molecule has 1 aromatic carbocycles. The number of rotatable bonds is 1. The van der Waals surface area contributed by atoms with Crippen molar-refractivity contribution in [1.82, 2.24) is 5.32 Å². The minimum absolute atomic E-state index is 0.0144. The van der Waals surface area contributed by atoms with Gasteiger partial charge in [0.2, 0.25) is 0 Å². The van der Waals surface area contributed by atoms with Crippen molar-refractivity contribution in [2.45, 2.75) is 25.3 Å². The van der Waals surface area contributed by atoms with Crippen molar-refractivity contribution < 1.29 is 8.78 Å². The number of nitrogens with one attached hydrogen (secondary N) is 1. The third-order valence-electron chi connectivity index (χ3n) is 2.67. The summed E-state index contributed by atoms with van der Waals surface area (Å²) in [6.45, 7) is 0.890. The van der Waals surface area contributed by atoms with E-state index in [2.05, 4.69) is 5.32 Å². The van der Waals surface area contributed by atoms with Gasteiger partial charge in [0.1, 0.15) is 0 Å². The van der Waals surface area contributed by atoms with E-state index in [1.165, 1.54) is 0 Å². The van der Waals surface area contributed by atoms with Gasteiger partial charge in [-0.3, -0.25) is 0 Å². The van der Waals surface area contributed by atoms with Crippen molar-refractivity contribution in [1.29, 1.82) is 0 Å².